The predicted molar refractivity (Wildman–Crippen MR) is 81.2 cm³/mol. The highest BCUT2D eigenvalue weighted by Gasteiger charge is 2.36. The molecule has 2 aliphatic rings. The van der Waals surface area contributed by atoms with Gasteiger partial charge in [0.1, 0.15) is 11.9 Å². The minimum absolute atomic E-state index is 0.0107. The highest BCUT2D eigenvalue weighted by Crippen LogP contribution is 2.24. The monoisotopic (exact) mass is 324 g/mol. The van der Waals surface area contributed by atoms with Gasteiger partial charge in [0.15, 0.2) is 9.84 Å². The lowest BCUT2D eigenvalue weighted by Gasteiger charge is -2.33. The third-order valence-electron chi connectivity index (χ3n) is 4.29. The van der Waals surface area contributed by atoms with E-state index in [2.05, 4.69) is 4.98 Å². The molecule has 7 heteroatoms. The summed E-state index contributed by atoms with van der Waals surface area (Å²) in [6, 6.07) is 3.64. The number of carbonyl (C=O) groups excluding carboxylic acids is 1. The number of amides is 1. The Kier molecular flexibility index (Phi) is 4.33. The summed E-state index contributed by atoms with van der Waals surface area (Å²) in [5.41, 5.74) is 0. The number of aromatic nitrogens is 1. The lowest BCUT2D eigenvalue weighted by molar-refractivity contribution is -0.136. The molecule has 0 radical (unpaired) electrons. The fourth-order valence-electron chi connectivity index (χ4n) is 3.05. The van der Waals surface area contributed by atoms with Crippen molar-refractivity contribution in [3.63, 3.8) is 0 Å². The molecule has 0 saturated carbocycles. The minimum atomic E-state index is -3.01. The molecular formula is C15H20N2O4S. The van der Waals surface area contributed by atoms with Gasteiger partial charge in [-0.3, -0.25) is 9.78 Å². The topological polar surface area (TPSA) is 76.6 Å². The number of rotatable bonds is 3. The van der Waals surface area contributed by atoms with Gasteiger partial charge in [-0.15, -0.1) is 0 Å². The van der Waals surface area contributed by atoms with Crippen molar-refractivity contribution in [1.29, 1.82) is 0 Å². The van der Waals surface area contributed by atoms with Crippen LogP contribution >= 0.6 is 0 Å². The Labute approximate surface area is 130 Å². The highest BCUT2D eigenvalue weighted by molar-refractivity contribution is 7.91. The van der Waals surface area contributed by atoms with E-state index < -0.39 is 9.84 Å². The zero-order valence-corrected chi connectivity index (χ0v) is 13.2. The molecule has 0 spiro atoms. The molecule has 6 nitrogen and oxygen atoms in total. The van der Waals surface area contributed by atoms with Crippen LogP contribution in [0.15, 0.2) is 24.5 Å². The molecule has 2 fully saturated rings. The van der Waals surface area contributed by atoms with Gasteiger partial charge in [-0.05, 0) is 18.6 Å². The number of nitrogens with zero attached hydrogens (tertiary/aromatic N) is 2. The molecule has 120 valence electrons. The first kappa shape index (κ1) is 15.3. The van der Waals surface area contributed by atoms with Crippen molar-refractivity contribution < 1.29 is 17.9 Å². The number of sulfone groups is 1. The summed E-state index contributed by atoms with van der Waals surface area (Å²) in [6.07, 6.45) is 5.48. The molecular weight excluding hydrogens is 304 g/mol. The van der Waals surface area contributed by atoms with Gasteiger partial charge in [-0.2, -0.15) is 0 Å². The molecule has 2 aliphatic heterocycles. The van der Waals surface area contributed by atoms with Crippen molar-refractivity contribution >= 4 is 15.7 Å². The van der Waals surface area contributed by atoms with E-state index in [0.29, 0.717) is 19.5 Å². The smallest absolute Gasteiger partial charge is 0.226 e. The van der Waals surface area contributed by atoms with Gasteiger partial charge in [0.05, 0.1) is 17.4 Å². The zero-order chi connectivity index (χ0) is 15.6. The quantitative estimate of drug-likeness (QED) is 0.825. The van der Waals surface area contributed by atoms with Crippen LogP contribution in [0.5, 0.6) is 5.75 Å². The number of carbonyl (C=O) groups is 1. The van der Waals surface area contributed by atoms with Gasteiger partial charge in [0, 0.05) is 38.3 Å². The van der Waals surface area contributed by atoms with Crippen LogP contribution < -0.4 is 4.74 Å². The number of likely N-dealkylation sites (tertiary alicyclic amines) is 1. The molecule has 0 aromatic carbocycles. The summed E-state index contributed by atoms with van der Waals surface area (Å²) in [5, 5.41) is 0. The first-order valence-corrected chi connectivity index (χ1v) is 9.41. The molecule has 0 bridgehead atoms. The van der Waals surface area contributed by atoms with E-state index in [-0.39, 0.29) is 29.4 Å². The number of ether oxygens (including phenoxy) is 1. The Morgan fingerprint density at radius 1 is 1.18 bits per heavy atom. The molecule has 0 aliphatic carbocycles. The van der Waals surface area contributed by atoms with Crippen LogP contribution in [0, 0.1) is 5.92 Å². The minimum Gasteiger partial charge on any atom is -0.490 e. The van der Waals surface area contributed by atoms with E-state index in [1.807, 2.05) is 12.1 Å². The van der Waals surface area contributed by atoms with Crippen molar-refractivity contribution in [1.82, 2.24) is 9.88 Å². The van der Waals surface area contributed by atoms with E-state index in [9.17, 15) is 13.2 Å². The molecule has 1 aromatic rings. The van der Waals surface area contributed by atoms with Gasteiger partial charge in [0.2, 0.25) is 5.91 Å². The van der Waals surface area contributed by atoms with Gasteiger partial charge < -0.3 is 9.64 Å². The fourth-order valence-corrected chi connectivity index (χ4v) is 4.78. The van der Waals surface area contributed by atoms with Crippen LogP contribution in [0.25, 0.3) is 0 Å². The van der Waals surface area contributed by atoms with Gasteiger partial charge >= 0.3 is 0 Å². The second kappa shape index (κ2) is 6.24. The zero-order valence-electron chi connectivity index (χ0n) is 12.3. The number of hydrogen-bond donors (Lipinski definition) is 0. The molecule has 2 saturated heterocycles. The van der Waals surface area contributed by atoms with Crippen LogP contribution in [0.4, 0.5) is 0 Å². The molecule has 3 heterocycles. The first-order chi connectivity index (χ1) is 10.5. The van der Waals surface area contributed by atoms with E-state index in [4.69, 9.17) is 4.74 Å². The Morgan fingerprint density at radius 2 is 1.86 bits per heavy atom. The van der Waals surface area contributed by atoms with Crippen LogP contribution in [0.1, 0.15) is 19.3 Å². The maximum absolute atomic E-state index is 12.4. The Morgan fingerprint density at radius 3 is 2.45 bits per heavy atom. The Balaban J connectivity index is 1.50. The second-order valence-corrected chi connectivity index (χ2v) is 8.15. The standard InChI is InChI=1S/C15H20N2O4S/c18-15(12-5-10-22(19,20)11-12)17-8-3-14(4-9-17)21-13-1-6-16-7-2-13/h1-2,6-7,12,14H,3-5,8-11H2/t12-/m1/s1. The third-order valence-corrected chi connectivity index (χ3v) is 6.06. The average molecular weight is 324 g/mol. The summed E-state index contributed by atoms with van der Waals surface area (Å²) in [6.45, 7) is 1.26. The first-order valence-electron chi connectivity index (χ1n) is 7.59. The maximum Gasteiger partial charge on any atom is 0.226 e. The summed E-state index contributed by atoms with van der Waals surface area (Å²) in [5.74, 6) is 0.595. The van der Waals surface area contributed by atoms with Crippen molar-refractivity contribution in [3.8, 4) is 5.75 Å². The largest absolute Gasteiger partial charge is 0.490 e. The van der Waals surface area contributed by atoms with Crippen molar-refractivity contribution in [3.05, 3.63) is 24.5 Å². The molecule has 3 rings (SSSR count). The van der Waals surface area contributed by atoms with Crippen molar-refractivity contribution in [2.45, 2.75) is 25.4 Å². The van der Waals surface area contributed by atoms with E-state index in [1.165, 1.54) is 0 Å². The predicted octanol–water partition coefficient (Wildman–Crippen LogP) is 0.886. The molecule has 0 unspecified atom stereocenters. The second-order valence-electron chi connectivity index (χ2n) is 5.93. The Hall–Kier alpha value is -1.63. The SMILES string of the molecule is O=C([C@@H]1CCS(=O)(=O)C1)N1CCC(Oc2ccncc2)CC1. The fraction of sp³-hybridized carbons (Fsp3) is 0.600. The van der Waals surface area contributed by atoms with Crippen LogP contribution in [0.3, 0.4) is 0 Å². The molecule has 1 aromatic heterocycles. The number of piperidine rings is 1. The summed E-state index contributed by atoms with van der Waals surface area (Å²) >= 11 is 0. The molecule has 0 N–H and O–H groups in total. The van der Waals surface area contributed by atoms with Crippen molar-refractivity contribution in [2.24, 2.45) is 5.92 Å². The summed E-state index contributed by atoms with van der Waals surface area (Å²) < 4.78 is 28.8. The van der Waals surface area contributed by atoms with Crippen LogP contribution in [-0.4, -0.2) is 54.9 Å². The lowest BCUT2D eigenvalue weighted by atomic mass is 10.0. The number of pyridine rings is 1. The summed E-state index contributed by atoms with van der Waals surface area (Å²) in [4.78, 5) is 18.1. The summed E-state index contributed by atoms with van der Waals surface area (Å²) in [7, 11) is -3.01. The third kappa shape index (κ3) is 3.58. The average Bonchev–Trinajstić information content (AvgIpc) is 2.88. The van der Waals surface area contributed by atoms with Gasteiger partial charge in [0.25, 0.3) is 0 Å². The molecule has 22 heavy (non-hydrogen) atoms. The van der Waals surface area contributed by atoms with E-state index in [0.717, 1.165) is 18.6 Å². The highest BCUT2D eigenvalue weighted by atomic mass is 32.2. The Bertz CT molecular complexity index is 624. The number of hydrogen-bond acceptors (Lipinski definition) is 5. The maximum atomic E-state index is 12.4. The molecule has 1 amide bonds. The normalized spacial score (nSPS) is 25.1. The van der Waals surface area contributed by atoms with Crippen molar-refractivity contribution in [2.75, 3.05) is 24.6 Å². The molecule has 1 atom stereocenters. The lowest BCUT2D eigenvalue weighted by Crippen LogP contribution is -2.44. The van der Waals surface area contributed by atoms with Gasteiger partial charge in [-0.1, -0.05) is 0 Å². The van der Waals surface area contributed by atoms with Crippen LogP contribution in [-0.2, 0) is 14.6 Å². The van der Waals surface area contributed by atoms with Crippen LogP contribution in [0.2, 0.25) is 0 Å². The van der Waals surface area contributed by atoms with E-state index in [1.54, 1.807) is 17.3 Å². The van der Waals surface area contributed by atoms with Gasteiger partial charge in [-0.25, -0.2) is 8.42 Å². The van der Waals surface area contributed by atoms with E-state index >= 15 is 0 Å².